The summed E-state index contributed by atoms with van der Waals surface area (Å²) in [5.41, 5.74) is 18.2. The highest BCUT2D eigenvalue weighted by Gasteiger charge is 2.10. The van der Waals surface area contributed by atoms with Crippen molar-refractivity contribution in [2.24, 2.45) is 4.99 Å². The van der Waals surface area contributed by atoms with Gasteiger partial charge in [-0.3, -0.25) is 15.7 Å². The molecule has 0 aromatic heterocycles. The third-order valence-corrected chi connectivity index (χ3v) is 8.45. The number of rotatable bonds is 8. The van der Waals surface area contributed by atoms with Crippen LogP contribution in [0, 0.1) is 0 Å². The molecular weight excluding hydrogens is 574 g/mol. The average Bonchev–Trinajstić information content (AvgIpc) is 3.13. The molecule has 4 heteroatoms. The monoisotopic (exact) mass is 607 g/mol. The molecule has 0 atom stereocenters. The van der Waals surface area contributed by atoms with Gasteiger partial charge in [0.2, 0.25) is 0 Å². The van der Waals surface area contributed by atoms with Crippen LogP contribution in [0.5, 0.6) is 0 Å². The van der Waals surface area contributed by atoms with E-state index in [0.717, 1.165) is 44.7 Å². The smallest absolute Gasteiger partial charge is 0.0708 e. The van der Waals surface area contributed by atoms with E-state index in [-0.39, 0.29) is 0 Å². The lowest BCUT2D eigenvalue weighted by atomic mass is 9.92. The first-order chi connectivity index (χ1) is 23.1. The van der Waals surface area contributed by atoms with E-state index in [1.807, 2.05) is 60.8 Å². The molecule has 4 nitrogen and oxygen atoms in total. The summed E-state index contributed by atoms with van der Waals surface area (Å²) in [6.45, 7) is 4.42. The summed E-state index contributed by atoms with van der Waals surface area (Å²) in [7, 11) is 0. The molecule has 0 radical (unpaired) electrons. The number of fused-ring (bicyclic) bond motifs is 3. The van der Waals surface area contributed by atoms with Crippen LogP contribution in [0.4, 0.5) is 11.4 Å². The average molecular weight is 608 g/mol. The Balaban J connectivity index is 1.18. The number of hydrogen-bond donors (Lipinski definition) is 3. The van der Waals surface area contributed by atoms with Gasteiger partial charge >= 0.3 is 0 Å². The van der Waals surface area contributed by atoms with Crippen LogP contribution < -0.4 is 11.2 Å². The van der Waals surface area contributed by atoms with Crippen molar-refractivity contribution < 1.29 is 5.21 Å². The van der Waals surface area contributed by atoms with Crippen LogP contribution in [-0.4, -0.2) is 11.4 Å². The van der Waals surface area contributed by atoms with Crippen molar-refractivity contribution in [2.75, 3.05) is 11.2 Å². The van der Waals surface area contributed by atoms with Crippen molar-refractivity contribution in [1.82, 2.24) is 0 Å². The van der Waals surface area contributed by atoms with E-state index in [1.165, 1.54) is 27.1 Å². The Morgan fingerprint density at radius 3 is 2.00 bits per heavy atom. The lowest BCUT2D eigenvalue weighted by Crippen LogP contribution is -1.95. The number of hydrogen-bond acceptors (Lipinski definition) is 4. The highest BCUT2D eigenvalue weighted by molar-refractivity contribution is 6.13. The molecule has 0 aliphatic heterocycles. The van der Waals surface area contributed by atoms with Crippen molar-refractivity contribution in [3.63, 3.8) is 0 Å². The second-order valence-electron chi connectivity index (χ2n) is 11.5. The van der Waals surface area contributed by atoms with Crippen LogP contribution in [0.25, 0.3) is 55.1 Å². The maximum absolute atomic E-state index is 9.55. The molecule has 7 aromatic carbocycles. The minimum absolute atomic E-state index is 0.590. The Morgan fingerprint density at radius 1 is 0.617 bits per heavy atom. The molecule has 0 saturated carbocycles. The summed E-state index contributed by atoms with van der Waals surface area (Å²) in [4.78, 5) is 4.91. The van der Waals surface area contributed by atoms with Crippen molar-refractivity contribution >= 4 is 50.4 Å². The molecule has 47 heavy (non-hydrogen) atoms. The van der Waals surface area contributed by atoms with Gasteiger partial charge in [0.15, 0.2) is 0 Å². The van der Waals surface area contributed by atoms with Crippen molar-refractivity contribution in [1.29, 1.82) is 0 Å². The van der Waals surface area contributed by atoms with E-state index >= 15 is 0 Å². The summed E-state index contributed by atoms with van der Waals surface area (Å²) < 4.78 is 0. The number of nitrogens with two attached hydrogens (primary N) is 1. The van der Waals surface area contributed by atoms with Gasteiger partial charge in [-0.2, -0.15) is 0 Å². The predicted molar refractivity (Wildman–Crippen MR) is 200 cm³/mol. The maximum atomic E-state index is 9.55. The van der Waals surface area contributed by atoms with E-state index in [9.17, 15) is 5.21 Å². The fraction of sp³-hybridized carbons (Fsp3) is 0. The van der Waals surface area contributed by atoms with Crippen molar-refractivity contribution in [2.45, 2.75) is 0 Å². The number of benzene rings is 7. The molecule has 7 aromatic rings. The summed E-state index contributed by atoms with van der Waals surface area (Å²) in [5.74, 6) is 0. The lowest BCUT2D eigenvalue weighted by Gasteiger charge is -2.12. The molecule has 0 spiro atoms. The molecule has 4 N–H and O–H groups in total. The number of nitrogens with one attached hydrogen (secondary N) is 1. The fourth-order valence-corrected chi connectivity index (χ4v) is 6.00. The molecule has 0 aliphatic carbocycles. The normalized spacial score (nSPS) is 11.7. The predicted octanol–water partition coefficient (Wildman–Crippen LogP) is 10.9. The van der Waals surface area contributed by atoms with Gasteiger partial charge in [-0.25, -0.2) is 0 Å². The third kappa shape index (κ3) is 6.19. The van der Waals surface area contributed by atoms with Crippen molar-refractivity contribution in [3.8, 4) is 22.3 Å². The zero-order valence-corrected chi connectivity index (χ0v) is 25.8. The second-order valence-corrected chi connectivity index (χ2v) is 11.5. The molecule has 0 fully saturated rings. The summed E-state index contributed by atoms with van der Waals surface area (Å²) >= 11 is 0. The zero-order chi connectivity index (χ0) is 32.2. The second kappa shape index (κ2) is 13.0. The van der Waals surface area contributed by atoms with Gasteiger partial charge in [-0.05, 0) is 85.3 Å². The highest BCUT2D eigenvalue weighted by atomic mass is 16.5. The largest absolute Gasteiger partial charge is 0.399 e. The van der Waals surface area contributed by atoms with Gasteiger partial charge in [-0.15, -0.1) is 0 Å². The molecule has 0 heterocycles. The van der Waals surface area contributed by atoms with E-state index < -0.39 is 0 Å². The Morgan fingerprint density at radius 2 is 1.26 bits per heavy atom. The van der Waals surface area contributed by atoms with Crippen LogP contribution in [-0.2, 0) is 0 Å². The van der Waals surface area contributed by atoms with Crippen LogP contribution >= 0.6 is 0 Å². The number of aliphatic imine (C=N–C) groups is 1. The quantitative estimate of drug-likeness (QED) is 0.0529. The molecule has 0 saturated heterocycles. The summed E-state index contributed by atoms with van der Waals surface area (Å²) in [6, 6.07) is 51.5. The number of nitrogen functional groups attached to an aromatic ring is 1. The zero-order valence-electron chi connectivity index (χ0n) is 25.8. The van der Waals surface area contributed by atoms with E-state index in [2.05, 4.69) is 103 Å². The molecule has 7 rings (SSSR count). The fourth-order valence-electron chi connectivity index (χ4n) is 6.00. The minimum atomic E-state index is 0.590. The third-order valence-electron chi connectivity index (χ3n) is 8.45. The molecule has 0 aliphatic rings. The Labute approximate surface area is 274 Å². The number of nitrogens with zero attached hydrogens (tertiary/aromatic N) is 1. The number of allylic oxidation sites excluding steroid dienone is 2. The Bertz CT molecular complexity index is 2280. The van der Waals surface area contributed by atoms with Crippen molar-refractivity contribution in [3.05, 3.63) is 181 Å². The van der Waals surface area contributed by atoms with Gasteiger partial charge in [-0.1, -0.05) is 134 Å². The standard InChI is InChI=1S/C43H33N3O/c1-29(31-19-21-32(22-20-31)40-26-35-11-5-6-12-37(35)38-13-7-8-14-39(38)40)25-43(34-9-3-2-4-10-34)45-28-30-15-17-33(18-16-30)41-27-36(44)23-24-42(41)46-47/h2-28,46-47H,1,44H2/b43-25-,45-28?. The Kier molecular flexibility index (Phi) is 8.16. The van der Waals surface area contributed by atoms with E-state index in [1.54, 1.807) is 12.1 Å². The Hall–Kier alpha value is -6.23. The number of anilines is 2. The van der Waals surface area contributed by atoms with Gasteiger partial charge in [0, 0.05) is 23.0 Å². The van der Waals surface area contributed by atoms with Gasteiger partial charge < -0.3 is 5.73 Å². The van der Waals surface area contributed by atoms with E-state index in [0.29, 0.717) is 11.4 Å². The first-order valence-electron chi connectivity index (χ1n) is 15.5. The maximum Gasteiger partial charge on any atom is 0.0708 e. The highest BCUT2D eigenvalue weighted by Crippen LogP contribution is 2.36. The molecule has 0 unspecified atom stereocenters. The van der Waals surface area contributed by atoms with Gasteiger partial charge in [0.1, 0.15) is 0 Å². The van der Waals surface area contributed by atoms with Crippen LogP contribution in [0.2, 0.25) is 0 Å². The SMILES string of the molecule is C=C(/C=C(\N=Cc1ccc(-c2cc(N)ccc2NO)cc1)c1ccccc1)c1ccc(-c2cc3ccccc3c3ccccc23)cc1. The first-order valence-corrected chi connectivity index (χ1v) is 15.5. The van der Waals surface area contributed by atoms with Crippen LogP contribution in [0.1, 0.15) is 16.7 Å². The van der Waals surface area contributed by atoms with Crippen LogP contribution in [0.15, 0.2) is 169 Å². The summed E-state index contributed by atoms with van der Waals surface area (Å²) in [6.07, 6.45) is 3.89. The first kappa shape index (κ1) is 29.5. The van der Waals surface area contributed by atoms with Crippen LogP contribution in [0.3, 0.4) is 0 Å². The molecule has 226 valence electrons. The van der Waals surface area contributed by atoms with Gasteiger partial charge in [0.25, 0.3) is 0 Å². The topological polar surface area (TPSA) is 70.6 Å². The van der Waals surface area contributed by atoms with E-state index in [4.69, 9.17) is 10.7 Å². The molecule has 0 amide bonds. The van der Waals surface area contributed by atoms with Gasteiger partial charge in [0.05, 0.1) is 11.4 Å². The minimum Gasteiger partial charge on any atom is -0.399 e. The lowest BCUT2D eigenvalue weighted by molar-refractivity contribution is 0.389. The molecule has 0 bridgehead atoms. The molecular formula is C43H33N3O. The summed E-state index contributed by atoms with van der Waals surface area (Å²) in [5, 5.41) is 14.5.